The lowest BCUT2D eigenvalue weighted by Crippen LogP contribution is -2.40. The van der Waals surface area contributed by atoms with Gasteiger partial charge in [0.15, 0.2) is 0 Å². The van der Waals surface area contributed by atoms with Crippen molar-refractivity contribution >= 4 is 22.6 Å². The van der Waals surface area contributed by atoms with Crippen molar-refractivity contribution in [1.82, 2.24) is 5.32 Å². The first-order chi connectivity index (χ1) is 10.1. The molecular weight excluding hydrogens is 266 g/mol. The minimum absolute atomic E-state index is 0.332. The van der Waals surface area contributed by atoms with E-state index in [1.54, 1.807) is 18.2 Å². The Hall–Kier alpha value is -2.62. The van der Waals surface area contributed by atoms with Gasteiger partial charge in [-0.2, -0.15) is 0 Å². The summed E-state index contributed by atoms with van der Waals surface area (Å²) in [4.78, 5) is 23.3. The number of hydrogen-bond acceptors (Lipinski definition) is 2. The summed E-state index contributed by atoms with van der Waals surface area (Å²) in [7, 11) is 0. The quantitative estimate of drug-likeness (QED) is 0.801. The number of carbonyl (C=O) groups excluding carboxylic acids is 1. The lowest BCUT2D eigenvalue weighted by molar-refractivity contribution is -0.139. The van der Waals surface area contributed by atoms with Gasteiger partial charge in [-0.05, 0) is 35.7 Å². The predicted molar refractivity (Wildman–Crippen MR) is 82.3 cm³/mol. The highest BCUT2D eigenvalue weighted by Crippen LogP contribution is 2.15. The highest BCUT2D eigenvalue weighted by molar-refractivity contribution is 6.00. The third-order valence-corrected chi connectivity index (χ3v) is 3.27. The zero-order valence-corrected chi connectivity index (χ0v) is 11.6. The summed E-state index contributed by atoms with van der Waals surface area (Å²) in [5, 5.41) is 13.6. The van der Waals surface area contributed by atoms with Crippen LogP contribution in [0.2, 0.25) is 0 Å². The predicted octanol–water partition coefficient (Wildman–Crippen LogP) is 2.99. The Kier molecular flexibility index (Phi) is 4.72. The van der Waals surface area contributed by atoms with E-state index in [0.717, 1.165) is 10.8 Å². The average molecular weight is 283 g/mol. The molecule has 0 saturated heterocycles. The minimum Gasteiger partial charge on any atom is -0.480 e. The number of carbonyl (C=O) groups is 2. The lowest BCUT2D eigenvalue weighted by Gasteiger charge is -2.13. The Labute approximate surface area is 123 Å². The topological polar surface area (TPSA) is 66.4 Å². The van der Waals surface area contributed by atoms with Gasteiger partial charge < -0.3 is 10.4 Å². The second kappa shape index (κ2) is 6.70. The number of aliphatic carboxylic acids is 1. The third-order valence-electron chi connectivity index (χ3n) is 3.27. The number of benzene rings is 2. The Morgan fingerprint density at radius 3 is 2.57 bits per heavy atom. The van der Waals surface area contributed by atoms with Crippen LogP contribution in [0.4, 0.5) is 0 Å². The summed E-state index contributed by atoms with van der Waals surface area (Å²) >= 11 is 0. The van der Waals surface area contributed by atoms with E-state index in [-0.39, 0.29) is 5.91 Å². The lowest BCUT2D eigenvalue weighted by atomic mass is 10.1. The number of carboxylic acids is 1. The zero-order chi connectivity index (χ0) is 15.2. The summed E-state index contributed by atoms with van der Waals surface area (Å²) in [6, 6.07) is 12.1. The van der Waals surface area contributed by atoms with Gasteiger partial charge in [0.1, 0.15) is 6.04 Å². The van der Waals surface area contributed by atoms with Crippen LogP contribution in [-0.4, -0.2) is 23.0 Å². The van der Waals surface area contributed by atoms with Gasteiger partial charge in [-0.1, -0.05) is 36.4 Å². The van der Waals surface area contributed by atoms with E-state index in [9.17, 15) is 9.59 Å². The van der Waals surface area contributed by atoms with Crippen LogP contribution in [0, 0.1) is 0 Å². The van der Waals surface area contributed by atoms with E-state index in [4.69, 9.17) is 5.11 Å². The number of hydrogen-bond donors (Lipinski definition) is 2. The van der Waals surface area contributed by atoms with Crippen molar-refractivity contribution in [3.8, 4) is 0 Å². The fourth-order valence-corrected chi connectivity index (χ4v) is 2.11. The van der Waals surface area contributed by atoms with Gasteiger partial charge in [0.05, 0.1) is 0 Å². The Balaban J connectivity index is 2.16. The second-order valence-electron chi connectivity index (χ2n) is 4.79. The van der Waals surface area contributed by atoms with Gasteiger partial charge in [-0.3, -0.25) is 4.79 Å². The van der Waals surface area contributed by atoms with Gasteiger partial charge in [-0.15, -0.1) is 6.58 Å². The highest BCUT2D eigenvalue weighted by atomic mass is 16.4. The average Bonchev–Trinajstić information content (AvgIpc) is 2.50. The molecule has 21 heavy (non-hydrogen) atoms. The van der Waals surface area contributed by atoms with Gasteiger partial charge in [0.2, 0.25) is 0 Å². The number of rotatable bonds is 6. The molecule has 1 atom stereocenters. The Bertz CT molecular complexity index is 679. The molecule has 0 aliphatic heterocycles. The van der Waals surface area contributed by atoms with Gasteiger partial charge in [0.25, 0.3) is 5.91 Å². The molecule has 1 amide bonds. The molecule has 0 heterocycles. The summed E-state index contributed by atoms with van der Waals surface area (Å²) < 4.78 is 0. The molecule has 2 N–H and O–H groups in total. The summed E-state index contributed by atoms with van der Waals surface area (Å²) in [6.45, 7) is 3.56. The third kappa shape index (κ3) is 3.69. The summed E-state index contributed by atoms with van der Waals surface area (Å²) in [6.07, 6.45) is 2.51. The van der Waals surface area contributed by atoms with Crippen molar-refractivity contribution in [2.24, 2.45) is 0 Å². The van der Waals surface area contributed by atoms with Crippen LogP contribution in [0.5, 0.6) is 0 Å². The van der Waals surface area contributed by atoms with Crippen molar-refractivity contribution < 1.29 is 14.7 Å². The van der Waals surface area contributed by atoms with E-state index in [1.807, 2.05) is 30.3 Å². The molecule has 0 aliphatic carbocycles. The minimum atomic E-state index is -1.04. The van der Waals surface area contributed by atoms with Crippen LogP contribution in [0.15, 0.2) is 55.1 Å². The Morgan fingerprint density at radius 1 is 1.19 bits per heavy atom. The Morgan fingerprint density at radius 2 is 1.90 bits per heavy atom. The van der Waals surface area contributed by atoms with Crippen LogP contribution in [0.25, 0.3) is 10.8 Å². The van der Waals surface area contributed by atoms with Crippen LogP contribution >= 0.6 is 0 Å². The van der Waals surface area contributed by atoms with Crippen molar-refractivity contribution in [3.05, 3.63) is 60.7 Å². The normalized spacial score (nSPS) is 11.8. The molecule has 0 saturated carbocycles. The van der Waals surface area contributed by atoms with Crippen molar-refractivity contribution in [2.75, 3.05) is 0 Å². The van der Waals surface area contributed by atoms with Crippen molar-refractivity contribution in [1.29, 1.82) is 0 Å². The number of carboxylic acid groups (broad SMARTS) is 1. The first-order valence-electron chi connectivity index (χ1n) is 6.75. The molecule has 0 bridgehead atoms. The molecule has 0 spiro atoms. The SMILES string of the molecule is C=CCC[C@H](NC(=O)c1ccc2ccccc2c1)C(=O)O. The van der Waals surface area contributed by atoms with Crippen LogP contribution in [0.1, 0.15) is 23.2 Å². The van der Waals surface area contributed by atoms with E-state index >= 15 is 0 Å². The molecule has 0 aromatic heterocycles. The molecule has 2 aromatic rings. The molecule has 108 valence electrons. The molecule has 0 unspecified atom stereocenters. The largest absolute Gasteiger partial charge is 0.480 e. The van der Waals surface area contributed by atoms with Gasteiger partial charge >= 0.3 is 5.97 Å². The highest BCUT2D eigenvalue weighted by Gasteiger charge is 2.19. The summed E-state index contributed by atoms with van der Waals surface area (Å²) in [5.74, 6) is -1.41. The van der Waals surface area contributed by atoms with Gasteiger partial charge in [-0.25, -0.2) is 4.79 Å². The number of nitrogens with one attached hydrogen (secondary N) is 1. The van der Waals surface area contributed by atoms with E-state index < -0.39 is 12.0 Å². The number of allylic oxidation sites excluding steroid dienone is 1. The first kappa shape index (κ1) is 14.8. The maximum atomic E-state index is 12.2. The van der Waals surface area contributed by atoms with Crippen LogP contribution in [0.3, 0.4) is 0 Å². The number of fused-ring (bicyclic) bond motifs is 1. The van der Waals surface area contributed by atoms with E-state index in [2.05, 4.69) is 11.9 Å². The summed E-state index contributed by atoms with van der Waals surface area (Å²) in [5.41, 5.74) is 0.457. The smallest absolute Gasteiger partial charge is 0.326 e. The molecular formula is C17H17NO3. The molecule has 0 aliphatic rings. The number of amides is 1. The van der Waals surface area contributed by atoms with Crippen LogP contribution < -0.4 is 5.32 Å². The molecule has 0 radical (unpaired) electrons. The maximum Gasteiger partial charge on any atom is 0.326 e. The van der Waals surface area contributed by atoms with Gasteiger partial charge in [0, 0.05) is 5.56 Å². The first-order valence-corrected chi connectivity index (χ1v) is 6.75. The van der Waals surface area contributed by atoms with Crippen molar-refractivity contribution in [3.63, 3.8) is 0 Å². The van der Waals surface area contributed by atoms with E-state index in [1.165, 1.54) is 0 Å². The maximum absolute atomic E-state index is 12.2. The van der Waals surface area contributed by atoms with E-state index in [0.29, 0.717) is 18.4 Å². The van der Waals surface area contributed by atoms with Crippen LogP contribution in [-0.2, 0) is 4.79 Å². The monoisotopic (exact) mass is 283 g/mol. The molecule has 2 aromatic carbocycles. The van der Waals surface area contributed by atoms with Crippen molar-refractivity contribution in [2.45, 2.75) is 18.9 Å². The molecule has 2 rings (SSSR count). The molecule has 0 fully saturated rings. The molecule has 4 nitrogen and oxygen atoms in total. The molecule has 4 heteroatoms. The fraction of sp³-hybridized carbons (Fsp3) is 0.176. The fourth-order valence-electron chi connectivity index (χ4n) is 2.11. The zero-order valence-electron chi connectivity index (χ0n) is 11.6. The standard InChI is InChI=1S/C17H17NO3/c1-2-3-8-15(17(20)21)18-16(19)14-10-9-12-6-4-5-7-13(12)11-14/h2,4-7,9-11,15H,1,3,8H2,(H,18,19)(H,20,21)/t15-/m0/s1. The second-order valence-corrected chi connectivity index (χ2v) is 4.79.